The number of Topliss-reactive ketones (excluding diaryl/α,β-unsaturated/α-hetero) is 2. The maximum atomic E-state index is 14.6. The fraction of sp³-hybridized carbons (Fsp3) is 0.100. The predicted molar refractivity (Wildman–Crippen MR) is 135 cm³/mol. The molecule has 0 aromatic heterocycles. The van der Waals surface area contributed by atoms with E-state index in [4.69, 9.17) is 4.74 Å². The van der Waals surface area contributed by atoms with Crippen molar-refractivity contribution in [1.29, 1.82) is 0 Å². The third kappa shape index (κ3) is 5.16. The van der Waals surface area contributed by atoms with Crippen molar-refractivity contribution >= 4 is 23.2 Å². The first kappa shape index (κ1) is 24.1. The lowest BCUT2D eigenvalue weighted by molar-refractivity contribution is -0.112. The lowest BCUT2D eigenvalue weighted by Gasteiger charge is -2.10. The molecule has 7 heteroatoms. The van der Waals surface area contributed by atoms with Crippen LogP contribution in [-0.4, -0.2) is 17.5 Å². The molecule has 184 valence electrons. The Morgan fingerprint density at radius 3 is 2.32 bits per heavy atom. The van der Waals surface area contributed by atoms with E-state index in [1.54, 1.807) is 36.4 Å². The number of ketones is 2. The Morgan fingerprint density at radius 2 is 1.57 bits per heavy atom. The van der Waals surface area contributed by atoms with Gasteiger partial charge >= 0.3 is 0 Å². The van der Waals surface area contributed by atoms with Crippen LogP contribution < -0.4 is 10.1 Å². The number of carbonyl (C=O) groups excluding carboxylic acids is 3. The fourth-order valence-corrected chi connectivity index (χ4v) is 4.19. The van der Waals surface area contributed by atoms with E-state index in [1.807, 2.05) is 30.3 Å². The van der Waals surface area contributed by atoms with Gasteiger partial charge < -0.3 is 10.1 Å². The van der Waals surface area contributed by atoms with Crippen molar-refractivity contribution in [2.75, 3.05) is 5.32 Å². The van der Waals surface area contributed by atoms with Crippen LogP contribution in [0, 0.1) is 11.6 Å². The number of rotatable bonds is 8. The molecule has 1 amide bonds. The first-order valence-electron chi connectivity index (χ1n) is 11.7. The van der Waals surface area contributed by atoms with E-state index in [-0.39, 0.29) is 35.4 Å². The minimum Gasteiger partial charge on any atom is -0.489 e. The zero-order valence-corrected chi connectivity index (χ0v) is 19.6. The van der Waals surface area contributed by atoms with Gasteiger partial charge in [0.15, 0.2) is 5.78 Å². The molecule has 0 fully saturated rings. The van der Waals surface area contributed by atoms with Crippen molar-refractivity contribution in [3.05, 3.63) is 119 Å². The van der Waals surface area contributed by atoms with Gasteiger partial charge in [0.05, 0.1) is 11.3 Å². The van der Waals surface area contributed by atoms with Crippen LogP contribution in [0.15, 0.2) is 84.9 Å². The molecule has 1 aliphatic heterocycles. The van der Waals surface area contributed by atoms with E-state index in [9.17, 15) is 23.2 Å². The summed E-state index contributed by atoms with van der Waals surface area (Å²) in [5.74, 6) is -2.32. The number of anilines is 1. The van der Waals surface area contributed by atoms with Crippen LogP contribution in [-0.2, 0) is 17.8 Å². The maximum absolute atomic E-state index is 14.6. The summed E-state index contributed by atoms with van der Waals surface area (Å²) >= 11 is 0. The Balaban J connectivity index is 1.25. The number of aryl methyl sites for hydroxylation is 1. The molecule has 37 heavy (non-hydrogen) atoms. The van der Waals surface area contributed by atoms with Crippen LogP contribution in [0.25, 0.3) is 11.1 Å². The van der Waals surface area contributed by atoms with Crippen LogP contribution in [0.4, 0.5) is 14.5 Å². The van der Waals surface area contributed by atoms with Crippen LogP contribution in [0.1, 0.15) is 38.3 Å². The number of benzene rings is 4. The molecule has 0 atom stereocenters. The van der Waals surface area contributed by atoms with E-state index in [1.165, 1.54) is 12.1 Å². The molecule has 1 heterocycles. The lowest BCUT2D eigenvalue weighted by atomic mass is 9.98. The molecule has 1 N–H and O–H groups in total. The molecule has 0 saturated heterocycles. The second-order valence-electron chi connectivity index (χ2n) is 8.69. The molecule has 0 aliphatic carbocycles. The number of fused-ring (bicyclic) bond motifs is 1. The monoisotopic (exact) mass is 497 g/mol. The molecule has 0 saturated carbocycles. The highest BCUT2D eigenvalue weighted by atomic mass is 19.1. The van der Waals surface area contributed by atoms with Gasteiger partial charge in [-0.05, 0) is 53.4 Å². The topological polar surface area (TPSA) is 72.5 Å². The molecule has 4 aromatic rings. The van der Waals surface area contributed by atoms with Crippen molar-refractivity contribution in [1.82, 2.24) is 0 Å². The number of hydrogen-bond donors (Lipinski definition) is 1. The van der Waals surface area contributed by atoms with Crippen molar-refractivity contribution in [2.45, 2.75) is 19.4 Å². The van der Waals surface area contributed by atoms with Gasteiger partial charge in [-0.2, -0.15) is 0 Å². The molecular formula is C30H21F2NO4. The molecule has 5 nitrogen and oxygen atoms in total. The highest BCUT2D eigenvalue weighted by molar-refractivity contribution is 6.51. The average molecular weight is 497 g/mol. The van der Waals surface area contributed by atoms with E-state index in [0.717, 1.165) is 11.6 Å². The zero-order chi connectivity index (χ0) is 25.9. The standard InChI is InChI=1S/C30H21F2NO4/c31-25-12-11-22(37-17-18-4-2-1-3-5-18)15-23(25)19-6-8-20(9-7-19)28(34)13-10-21-14-27-24(16-26(21)32)29(35)30(36)33-27/h1-9,11-12,14-16H,10,13,17H2,(H,33,35,36). The SMILES string of the molecule is O=C1Nc2cc(CCC(=O)c3ccc(-c4cc(OCc5ccccc5)ccc4F)cc3)c(F)cc2C1=O. The molecule has 0 bridgehead atoms. The first-order chi connectivity index (χ1) is 17.9. The normalized spacial score (nSPS) is 12.3. The van der Waals surface area contributed by atoms with Gasteiger partial charge in [-0.25, -0.2) is 8.78 Å². The summed E-state index contributed by atoms with van der Waals surface area (Å²) in [6.45, 7) is 0.354. The number of hydrogen-bond acceptors (Lipinski definition) is 4. The van der Waals surface area contributed by atoms with E-state index >= 15 is 0 Å². The summed E-state index contributed by atoms with van der Waals surface area (Å²) in [5.41, 5.74) is 2.81. The third-order valence-corrected chi connectivity index (χ3v) is 6.21. The Kier molecular flexibility index (Phi) is 6.60. The van der Waals surface area contributed by atoms with Crippen molar-refractivity contribution in [3.63, 3.8) is 0 Å². The van der Waals surface area contributed by atoms with E-state index in [2.05, 4.69) is 5.32 Å². The van der Waals surface area contributed by atoms with Crippen LogP contribution in [0.5, 0.6) is 5.75 Å². The number of carbonyl (C=O) groups is 3. The molecule has 0 unspecified atom stereocenters. The average Bonchev–Trinajstić information content (AvgIpc) is 3.19. The molecule has 5 rings (SSSR count). The zero-order valence-electron chi connectivity index (χ0n) is 19.6. The van der Waals surface area contributed by atoms with E-state index in [0.29, 0.717) is 29.0 Å². The fourth-order valence-electron chi connectivity index (χ4n) is 4.19. The minimum absolute atomic E-state index is 0.00469. The lowest BCUT2D eigenvalue weighted by Crippen LogP contribution is -2.12. The summed E-state index contributed by atoms with van der Waals surface area (Å²) in [6, 6.07) is 23.1. The van der Waals surface area contributed by atoms with Gasteiger partial charge in [0.25, 0.3) is 11.7 Å². The molecule has 4 aromatic carbocycles. The van der Waals surface area contributed by atoms with Crippen molar-refractivity contribution in [2.24, 2.45) is 0 Å². The van der Waals surface area contributed by atoms with Crippen LogP contribution in [0.2, 0.25) is 0 Å². The minimum atomic E-state index is -0.799. The largest absolute Gasteiger partial charge is 0.489 e. The summed E-state index contributed by atoms with van der Waals surface area (Å²) < 4.78 is 34.8. The summed E-state index contributed by atoms with van der Waals surface area (Å²) in [7, 11) is 0. The van der Waals surface area contributed by atoms with Gasteiger partial charge in [-0.1, -0.05) is 54.6 Å². The predicted octanol–water partition coefficient (Wildman–Crippen LogP) is 6.16. The van der Waals surface area contributed by atoms with Gasteiger partial charge in [-0.3, -0.25) is 14.4 Å². The number of halogens is 2. The summed E-state index contributed by atoms with van der Waals surface area (Å²) in [6.07, 6.45) is 0.118. The Labute approximate surface area is 211 Å². The highest BCUT2D eigenvalue weighted by Crippen LogP contribution is 2.29. The second-order valence-corrected chi connectivity index (χ2v) is 8.69. The van der Waals surface area contributed by atoms with Crippen molar-refractivity contribution in [3.8, 4) is 16.9 Å². The molecule has 1 aliphatic rings. The summed E-state index contributed by atoms with van der Waals surface area (Å²) in [5, 5.41) is 2.40. The Hall–Kier alpha value is -4.65. The van der Waals surface area contributed by atoms with E-state index < -0.39 is 23.3 Å². The summed E-state index contributed by atoms with van der Waals surface area (Å²) in [4.78, 5) is 35.9. The van der Waals surface area contributed by atoms with Gasteiger partial charge in [0, 0.05) is 17.5 Å². The smallest absolute Gasteiger partial charge is 0.296 e. The number of nitrogens with one attached hydrogen (secondary N) is 1. The number of amides is 1. The Morgan fingerprint density at radius 1 is 0.811 bits per heavy atom. The van der Waals surface area contributed by atoms with Gasteiger partial charge in [0.2, 0.25) is 0 Å². The van der Waals surface area contributed by atoms with Crippen LogP contribution in [0.3, 0.4) is 0 Å². The third-order valence-electron chi connectivity index (χ3n) is 6.21. The van der Waals surface area contributed by atoms with Gasteiger partial charge in [-0.15, -0.1) is 0 Å². The first-order valence-corrected chi connectivity index (χ1v) is 11.7. The molecule has 0 radical (unpaired) electrons. The second kappa shape index (κ2) is 10.1. The van der Waals surface area contributed by atoms with Crippen LogP contribution >= 0.6 is 0 Å². The number of ether oxygens (including phenoxy) is 1. The highest BCUT2D eigenvalue weighted by Gasteiger charge is 2.29. The maximum Gasteiger partial charge on any atom is 0.296 e. The quantitative estimate of drug-likeness (QED) is 0.234. The molecule has 0 spiro atoms. The Bertz CT molecular complexity index is 1520. The van der Waals surface area contributed by atoms with Crippen molar-refractivity contribution < 1.29 is 27.9 Å². The van der Waals surface area contributed by atoms with Gasteiger partial charge in [0.1, 0.15) is 24.0 Å². The molecular weight excluding hydrogens is 476 g/mol.